The fourth-order valence-electron chi connectivity index (χ4n) is 2.96. The Kier molecular flexibility index (Phi) is 6.52. The van der Waals surface area contributed by atoms with Crippen LogP contribution in [0.5, 0.6) is 5.75 Å². The molecule has 1 aliphatic rings. The number of ether oxygens (including phenoxy) is 1. The normalized spacial score (nSPS) is 18.6. The molecule has 0 saturated carbocycles. The molecule has 0 aliphatic carbocycles. The van der Waals surface area contributed by atoms with Crippen LogP contribution in [-0.4, -0.2) is 37.7 Å². The summed E-state index contributed by atoms with van der Waals surface area (Å²) in [5.74, 6) is 1.91. The van der Waals surface area contributed by atoms with Gasteiger partial charge in [0.25, 0.3) is 0 Å². The highest BCUT2D eigenvalue weighted by Crippen LogP contribution is 2.24. The van der Waals surface area contributed by atoms with E-state index in [1.54, 1.807) is 0 Å². The highest BCUT2D eigenvalue weighted by molar-refractivity contribution is 5.35. The molecule has 0 bridgehead atoms. The number of rotatable bonds is 7. The van der Waals surface area contributed by atoms with E-state index in [0.29, 0.717) is 6.04 Å². The third-order valence-corrected chi connectivity index (χ3v) is 4.44. The zero-order valence-corrected chi connectivity index (χ0v) is 13.8. The number of likely N-dealkylation sites (tertiary alicyclic amines) is 1. The fourth-order valence-corrected chi connectivity index (χ4v) is 2.96. The molecule has 0 spiro atoms. The topological polar surface area (TPSA) is 24.5 Å². The second kappa shape index (κ2) is 8.40. The molecule has 1 aromatic carbocycles. The van der Waals surface area contributed by atoms with Gasteiger partial charge in [-0.05, 0) is 51.8 Å². The van der Waals surface area contributed by atoms with Gasteiger partial charge in [0.2, 0.25) is 0 Å². The van der Waals surface area contributed by atoms with Crippen molar-refractivity contribution in [1.29, 1.82) is 0 Å². The quantitative estimate of drug-likeness (QED) is 0.832. The average molecular weight is 290 g/mol. The lowest BCUT2D eigenvalue weighted by Gasteiger charge is -2.30. The van der Waals surface area contributed by atoms with E-state index in [1.165, 1.54) is 31.5 Å². The van der Waals surface area contributed by atoms with Crippen LogP contribution < -0.4 is 10.1 Å². The van der Waals surface area contributed by atoms with Crippen LogP contribution in [0.3, 0.4) is 0 Å². The molecule has 1 saturated heterocycles. The van der Waals surface area contributed by atoms with Gasteiger partial charge in [0, 0.05) is 24.7 Å². The highest BCUT2D eigenvalue weighted by Gasteiger charge is 2.16. The summed E-state index contributed by atoms with van der Waals surface area (Å²) in [5, 5.41) is 3.63. The van der Waals surface area contributed by atoms with Crippen LogP contribution in [0.2, 0.25) is 0 Å². The first kappa shape index (κ1) is 16.3. The Hall–Kier alpha value is -1.06. The molecule has 2 rings (SSSR count). The summed E-state index contributed by atoms with van der Waals surface area (Å²) in [6.45, 7) is 12.0. The summed E-state index contributed by atoms with van der Waals surface area (Å²) in [6, 6.07) is 8.67. The van der Waals surface area contributed by atoms with Gasteiger partial charge in [-0.2, -0.15) is 0 Å². The Bertz CT molecular complexity index is 413. The molecular weight excluding hydrogens is 260 g/mol. The second-order valence-electron chi connectivity index (χ2n) is 6.17. The van der Waals surface area contributed by atoms with Gasteiger partial charge in [0.1, 0.15) is 5.75 Å². The average Bonchev–Trinajstić information content (AvgIpc) is 2.50. The zero-order chi connectivity index (χ0) is 15.1. The zero-order valence-electron chi connectivity index (χ0n) is 13.8. The first-order chi connectivity index (χ1) is 10.2. The second-order valence-corrected chi connectivity index (χ2v) is 6.17. The summed E-state index contributed by atoms with van der Waals surface area (Å²) in [4.78, 5) is 2.58. The van der Waals surface area contributed by atoms with Gasteiger partial charge in [0.15, 0.2) is 0 Å². The largest absolute Gasteiger partial charge is 0.494 e. The van der Waals surface area contributed by atoms with E-state index in [-0.39, 0.29) is 0 Å². The van der Waals surface area contributed by atoms with Crippen LogP contribution in [0.1, 0.15) is 45.2 Å². The number of benzene rings is 1. The van der Waals surface area contributed by atoms with Crippen LogP contribution >= 0.6 is 0 Å². The summed E-state index contributed by atoms with van der Waals surface area (Å²) < 4.78 is 5.72. The van der Waals surface area contributed by atoms with Gasteiger partial charge >= 0.3 is 0 Å². The van der Waals surface area contributed by atoms with Gasteiger partial charge in [-0.25, -0.2) is 0 Å². The van der Waals surface area contributed by atoms with E-state index in [0.717, 1.165) is 31.4 Å². The number of piperidine rings is 1. The molecule has 1 atom stereocenters. The first-order valence-corrected chi connectivity index (χ1v) is 8.38. The van der Waals surface area contributed by atoms with Crippen molar-refractivity contribution < 1.29 is 4.74 Å². The van der Waals surface area contributed by atoms with Crippen molar-refractivity contribution in [3.8, 4) is 5.75 Å². The lowest BCUT2D eigenvalue weighted by atomic mass is 9.99. The lowest BCUT2D eigenvalue weighted by Crippen LogP contribution is -2.38. The SMILES string of the molecule is CCOc1ccccc1C(C)NCCN1CCC(C)CC1. The van der Waals surface area contributed by atoms with Gasteiger partial charge in [0.05, 0.1) is 6.61 Å². The minimum absolute atomic E-state index is 0.330. The molecule has 1 heterocycles. The van der Waals surface area contributed by atoms with Crippen LogP contribution in [0.25, 0.3) is 0 Å². The Balaban J connectivity index is 1.78. The maximum absolute atomic E-state index is 5.72. The molecular formula is C18H30N2O. The molecule has 0 aromatic heterocycles. The fraction of sp³-hybridized carbons (Fsp3) is 0.667. The Morgan fingerprint density at radius 1 is 1.29 bits per heavy atom. The summed E-state index contributed by atoms with van der Waals surface area (Å²) >= 11 is 0. The minimum atomic E-state index is 0.330. The summed E-state index contributed by atoms with van der Waals surface area (Å²) in [5.41, 5.74) is 1.26. The number of hydrogen-bond donors (Lipinski definition) is 1. The van der Waals surface area contributed by atoms with Gasteiger partial charge < -0.3 is 15.0 Å². The van der Waals surface area contributed by atoms with Crippen LogP contribution in [-0.2, 0) is 0 Å². The predicted octanol–water partition coefficient (Wildman–Crippen LogP) is 3.47. The molecule has 3 heteroatoms. The number of nitrogens with one attached hydrogen (secondary N) is 1. The Morgan fingerprint density at radius 2 is 2.00 bits per heavy atom. The molecule has 0 amide bonds. The van der Waals surface area contributed by atoms with Crippen LogP contribution in [0.4, 0.5) is 0 Å². The molecule has 1 N–H and O–H groups in total. The molecule has 3 nitrogen and oxygen atoms in total. The maximum atomic E-state index is 5.72. The predicted molar refractivity (Wildman–Crippen MR) is 88.9 cm³/mol. The lowest BCUT2D eigenvalue weighted by molar-refractivity contribution is 0.191. The van der Waals surface area contributed by atoms with E-state index in [2.05, 4.69) is 42.3 Å². The number of para-hydroxylation sites is 1. The van der Waals surface area contributed by atoms with Crippen molar-refractivity contribution in [2.24, 2.45) is 5.92 Å². The van der Waals surface area contributed by atoms with Crippen molar-refractivity contribution >= 4 is 0 Å². The Labute approximate surface area is 129 Å². The Morgan fingerprint density at radius 3 is 2.71 bits per heavy atom. The van der Waals surface area contributed by atoms with E-state index in [1.807, 2.05) is 13.0 Å². The van der Waals surface area contributed by atoms with Crippen molar-refractivity contribution in [3.63, 3.8) is 0 Å². The highest BCUT2D eigenvalue weighted by atomic mass is 16.5. The monoisotopic (exact) mass is 290 g/mol. The summed E-state index contributed by atoms with van der Waals surface area (Å²) in [7, 11) is 0. The van der Waals surface area contributed by atoms with E-state index in [4.69, 9.17) is 4.74 Å². The molecule has 0 radical (unpaired) electrons. The van der Waals surface area contributed by atoms with Crippen molar-refractivity contribution in [3.05, 3.63) is 29.8 Å². The molecule has 1 aliphatic heterocycles. The number of hydrogen-bond acceptors (Lipinski definition) is 3. The molecule has 1 fully saturated rings. The standard InChI is InChI=1S/C18H30N2O/c1-4-21-18-8-6-5-7-17(18)16(3)19-11-14-20-12-9-15(2)10-13-20/h5-8,15-16,19H,4,9-14H2,1-3H3. The third kappa shape index (κ3) is 5.01. The maximum Gasteiger partial charge on any atom is 0.124 e. The van der Waals surface area contributed by atoms with Crippen molar-refractivity contribution in [1.82, 2.24) is 10.2 Å². The number of nitrogens with zero attached hydrogens (tertiary/aromatic N) is 1. The summed E-state index contributed by atoms with van der Waals surface area (Å²) in [6.07, 6.45) is 2.70. The van der Waals surface area contributed by atoms with Crippen molar-refractivity contribution in [2.45, 2.75) is 39.7 Å². The van der Waals surface area contributed by atoms with Gasteiger partial charge in [-0.1, -0.05) is 25.1 Å². The van der Waals surface area contributed by atoms with Gasteiger partial charge in [-0.15, -0.1) is 0 Å². The van der Waals surface area contributed by atoms with E-state index >= 15 is 0 Å². The van der Waals surface area contributed by atoms with Crippen LogP contribution in [0.15, 0.2) is 24.3 Å². The van der Waals surface area contributed by atoms with Crippen LogP contribution in [0, 0.1) is 5.92 Å². The van der Waals surface area contributed by atoms with Crippen molar-refractivity contribution in [2.75, 3.05) is 32.8 Å². The van der Waals surface area contributed by atoms with Gasteiger partial charge in [-0.3, -0.25) is 0 Å². The first-order valence-electron chi connectivity index (χ1n) is 8.38. The molecule has 21 heavy (non-hydrogen) atoms. The molecule has 118 valence electrons. The smallest absolute Gasteiger partial charge is 0.124 e. The third-order valence-electron chi connectivity index (χ3n) is 4.44. The molecule has 1 aromatic rings. The minimum Gasteiger partial charge on any atom is -0.494 e. The van der Waals surface area contributed by atoms with E-state index in [9.17, 15) is 0 Å². The van der Waals surface area contributed by atoms with E-state index < -0.39 is 0 Å². The molecule has 1 unspecified atom stereocenters.